The van der Waals surface area contributed by atoms with Gasteiger partial charge in [0.1, 0.15) is 16.2 Å². The van der Waals surface area contributed by atoms with Gasteiger partial charge in [-0.3, -0.25) is 4.79 Å². The second-order valence-electron chi connectivity index (χ2n) is 6.31. The minimum atomic E-state index is -0.835. The Morgan fingerprint density at radius 3 is 2.70 bits per heavy atom. The van der Waals surface area contributed by atoms with Crippen LogP contribution in [0.1, 0.15) is 44.6 Å². The maximum Gasteiger partial charge on any atom is 0.317 e. The highest BCUT2D eigenvalue weighted by molar-refractivity contribution is 8.00. The van der Waals surface area contributed by atoms with Gasteiger partial charge in [0, 0.05) is 12.6 Å². The van der Waals surface area contributed by atoms with Gasteiger partial charge in [-0.25, -0.2) is 9.97 Å². The molecule has 0 radical (unpaired) electrons. The van der Waals surface area contributed by atoms with Crippen molar-refractivity contribution in [2.75, 3.05) is 11.9 Å². The molecule has 0 amide bonds. The summed E-state index contributed by atoms with van der Waals surface area (Å²) in [6.45, 7) is 2.84. The van der Waals surface area contributed by atoms with Crippen LogP contribution < -0.4 is 5.32 Å². The van der Waals surface area contributed by atoms with Gasteiger partial charge in [0.15, 0.2) is 5.16 Å². The fourth-order valence-electron chi connectivity index (χ4n) is 2.64. The Morgan fingerprint density at radius 1 is 1.22 bits per heavy atom. The van der Waals surface area contributed by atoms with E-state index in [0.29, 0.717) is 29.1 Å². The number of nitrogens with one attached hydrogen (secondary N) is 1. The number of hydrogen-bond acceptors (Lipinski definition) is 5. The van der Waals surface area contributed by atoms with E-state index in [9.17, 15) is 9.90 Å². The molecule has 1 aromatic carbocycles. The molecule has 0 aliphatic carbocycles. The summed E-state index contributed by atoms with van der Waals surface area (Å²) in [7, 11) is 0. The molecule has 0 spiro atoms. The Hall–Kier alpha value is -1.79. The van der Waals surface area contributed by atoms with Crippen LogP contribution in [-0.2, 0) is 11.2 Å². The maximum absolute atomic E-state index is 11.5. The standard InChI is InChI=1S/C20H26ClN3O2S/c1-2-3-4-8-11-16(19(25)26)27-20-23-17(21)14-18(24-20)22-13-12-15-9-6-5-7-10-15/h5-7,9-10,14,16H,2-4,8,11-13H2,1H3,(H,25,26)(H,22,23,24). The normalized spacial score (nSPS) is 11.9. The zero-order valence-corrected chi connectivity index (χ0v) is 17.1. The van der Waals surface area contributed by atoms with Crippen LogP contribution in [-0.4, -0.2) is 32.8 Å². The van der Waals surface area contributed by atoms with Crippen LogP contribution in [0.15, 0.2) is 41.6 Å². The van der Waals surface area contributed by atoms with Gasteiger partial charge < -0.3 is 10.4 Å². The van der Waals surface area contributed by atoms with Crippen molar-refractivity contribution in [2.45, 2.75) is 55.9 Å². The molecule has 1 atom stereocenters. The van der Waals surface area contributed by atoms with Gasteiger partial charge in [-0.15, -0.1) is 0 Å². The molecule has 0 saturated carbocycles. The summed E-state index contributed by atoms with van der Waals surface area (Å²) in [6.07, 6.45) is 5.65. The molecule has 2 N–H and O–H groups in total. The number of unbranched alkanes of at least 4 members (excludes halogenated alkanes) is 3. The third-order valence-corrected chi connectivity index (χ3v) is 5.39. The molecule has 1 aromatic heterocycles. The lowest BCUT2D eigenvalue weighted by molar-refractivity contribution is -0.136. The zero-order chi connectivity index (χ0) is 19.5. The SMILES string of the molecule is CCCCCCC(Sc1nc(Cl)cc(NCCc2ccccc2)n1)C(=O)O. The van der Waals surface area contributed by atoms with Crippen LogP contribution in [0.25, 0.3) is 0 Å². The van der Waals surface area contributed by atoms with Gasteiger partial charge in [-0.05, 0) is 18.4 Å². The van der Waals surface area contributed by atoms with Crippen LogP contribution >= 0.6 is 23.4 Å². The second kappa shape index (κ2) is 11.8. The molecule has 27 heavy (non-hydrogen) atoms. The fourth-order valence-corrected chi connectivity index (χ4v) is 3.81. The van der Waals surface area contributed by atoms with Crippen LogP contribution in [0.3, 0.4) is 0 Å². The number of benzene rings is 1. The van der Waals surface area contributed by atoms with Crippen molar-refractivity contribution in [3.05, 3.63) is 47.1 Å². The molecule has 7 heteroatoms. The number of thioether (sulfide) groups is 1. The number of aromatic nitrogens is 2. The zero-order valence-electron chi connectivity index (χ0n) is 15.5. The van der Waals surface area contributed by atoms with E-state index in [0.717, 1.165) is 32.1 Å². The van der Waals surface area contributed by atoms with Crippen LogP contribution in [0.5, 0.6) is 0 Å². The van der Waals surface area contributed by atoms with Crippen molar-refractivity contribution in [1.29, 1.82) is 0 Å². The minimum Gasteiger partial charge on any atom is -0.480 e. The minimum absolute atomic E-state index is 0.310. The summed E-state index contributed by atoms with van der Waals surface area (Å²) in [4.78, 5) is 20.1. The average Bonchev–Trinajstić information content (AvgIpc) is 2.64. The van der Waals surface area contributed by atoms with Crippen molar-refractivity contribution in [2.24, 2.45) is 0 Å². The summed E-state index contributed by atoms with van der Waals surface area (Å²) >= 11 is 7.27. The summed E-state index contributed by atoms with van der Waals surface area (Å²) in [5.41, 5.74) is 1.23. The van der Waals surface area contributed by atoms with Gasteiger partial charge in [0.05, 0.1) is 0 Å². The molecule has 1 unspecified atom stereocenters. The Bertz CT molecular complexity index is 716. The van der Waals surface area contributed by atoms with Crippen LogP contribution in [0.4, 0.5) is 5.82 Å². The Kier molecular flexibility index (Phi) is 9.42. The number of anilines is 1. The lowest BCUT2D eigenvalue weighted by Crippen LogP contribution is -2.17. The summed E-state index contributed by atoms with van der Waals surface area (Å²) in [5, 5.41) is 12.9. The third kappa shape index (κ3) is 8.18. The molecule has 146 valence electrons. The first-order valence-corrected chi connectivity index (χ1v) is 10.6. The largest absolute Gasteiger partial charge is 0.480 e. The molecule has 0 aliphatic heterocycles. The van der Waals surface area contributed by atoms with Gasteiger partial charge in [0.2, 0.25) is 0 Å². The quantitative estimate of drug-likeness (QED) is 0.215. The van der Waals surface area contributed by atoms with E-state index in [1.54, 1.807) is 6.07 Å². The lowest BCUT2D eigenvalue weighted by atomic mass is 10.1. The van der Waals surface area contributed by atoms with E-state index in [4.69, 9.17) is 11.6 Å². The molecule has 5 nitrogen and oxygen atoms in total. The van der Waals surface area contributed by atoms with Gasteiger partial charge in [-0.1, -0.05) is 86.3 Å². The Balaban J connectivity index is 1.92. The molecule has 2 aromatic rings. The third-order valence-electron chi connectivity index (χ3n) is 4.08. The lowest BCUT2D eigenvalue weighted by Gasteiger charge is -2.12. The van der Waals surface area contributed by atoms with Gasteiger partial charge in [0.25, 0.3) is 0 Å². The van der Waals surface area contributed by atoms with E-state index in [1.165, 1.54) is 17.3 Å². The van der Waals surface area contributed by atoms with E-state index in [-0.39, 0.29) is 0 Å². The number of carboxylic acids is 1. The highest BCUT2D eigenvalue weighted by Crippen LogP contribution is 2.27. The summed E-state index contributed by atoms with van der Waals surface area (Å²) < 4.78 is 0. The maximum atomic E-state index is 11.5. The number of carboxylic acid groups (broad SMARTS) is 1. The molecule has 2 rings (SSSR count). The molecule has 0 saturated heterocycles. The molecule has 1 heterocycles. The molecular formula is C20H26ClN3O2S. The van der Waals surface area contributed by atoms with Gasteiger partial charge >= 0.3 is 5.97 Å². The van der Waals surface area contributed by atoms with Crippen molar-refractivity contribution in [1.82, 2.24) is 9.97 Å². The topological polar surface area (TPSA) is 75.1 Å². The number of nitrogens with zero attached hydrogens (tertiary/aromatic N) is 2. The number of rotatable bonds is 12. The molecule has 0 bridgehead atoms. The average molecular weight is 408 g/mol. The van der Waals surface area contributed by atoms with Crippen LogP contribution in [0, 0.1) is 0 Å². The monoisotopic (exact) mass is 407 g/mol. The number of aliphatic carboxylic acids is 1. The first kappa shape index (κ1) is 21.5. The Labute approximate surface area is 170 Å². The predicted molar refractivity (Wildman–Crippen MR) is 112 cm³/mol. The van der Waals surface area contributed by atoms with Gasteiger partial charge in [-0.2, -0.15) is 0 Å². The first-order chi connectivity index (χ1) is 13.1. The van der Waals surface area contributed by atoms with Crippen molar-refractivity contribution in [3.8, 4) is 0 Å². The number of hydrogen-bond donors (Lipinski definition) is 2. The number of carbonyl (C=O) groups is 1. The molecule has 0 aliphatic rings. The predicted octanol–water partition coefficient (Wildman–Crippen LogP) is 5.30. The van der Waals surface area contributed by atoms with Crippen molar-refractivity contribution >= 4 is 35.1 Å². The molecule has 0 fully saturated rings. The van der Waals surface area contributed by atoms with Crippen LogP contribution in [0.2, 0.25) is 5.15 Å². The van der Waals surface area contributed by atoms with E-state index in [1.807, 2.05) is 18.2 Å². The first-order valence-electron chi connectivity index (χ1n) is 9.30. The summed E-state index contributed by atoms with van der Waals surface area (Å²) in [6, 6.07) is 11.8. The highest BCUT2D eigenvalue weighted by Gasteiger charge is 2.20. The Morgan fingerprint density at radius 2 is 2.00 bits per heavy atom. The number of halogens is 1. The smallest absolute Gasteiger partial charge is 0.317 e. The molecular weight excluding hydrogens is 382 g/mol. The van der Waals surface area contributed by atoms with E-state index < -0.39 is 11.2 Å². The van der Waals surface area contributed by atoms with Crippen molar-refractivity contribution in [3.63, 3.8) is 0 Å². The summed E-state index contributed by atoms with van der Waals surface area (Å²) in [5.74, 6) is -0.220. The van der Waals surface area contributed by atoms with Crippen molar-refractivity contribution < 1.29 is 9.90 Å². The van der Waals surface area contributed by atoms with E-state index in [2.05, 4.69) is 34.3 Å². The highest BCUT2D eigenvalue weighted by atomic mass is 35.5. The second-order valence-corrected chi connectivity index (χ2v) is 7.87. The fraction of sp³-hybridized carbons (Fsp3) is 0.450. The van der Waals surface area contributed by atoms with E-state index >= 15 is 0 Å².